The SMILES string of the molecule is CCC(OC1OC(C)C(O)C(O)C1O)C(C)C(=O)CC(O)CC(O)CC(O)C=CCC(O)CC(O)CC(O)CC(O)C=CCC(O)CC(O)CCCNC(=O)C(N)c1ccc(O)cc1. The number of hydrogen-bond donors (Lipinski definition) is 15. The molecule has 0 radical (unpaired) electrons. The van der Waals surface area contributed by atoms with E-state index in [1.807, 2.05) is 0 Å². The van der Waals surface area contributed by atoms with Crippen LogP contribution in [0, 0.1) is 5.92 Å². The van der Waals surface area contributed by atoms with Crippen LogP contribution in [-0.4, -0.2) is 176 Å². The summed E-state index contributed by atoms with van der Waals surface area (Å²) >= 11 is 0. The molecule has 1 aliphatic heterocycles. The molecule has 1 aromatic rings. The molecule has 19 heteroatoms. The summed E-state index contributed by atoms with van der Waals surface area (Å²) in [4.78, 5) is 25.2. The number of carbonyl (C=O) groups excluding carboxylic acids is 2. The van der Waals surface area contributed by atoms with E-state index in [2.05, 4.69) is 5.32 Å². The molecule has 2 rings (SSSR count). The summed E-state index contributed by atoms with van der Waals surface area (Å²) in [6.45, 7) is 5.11. The van der Waals surface area contributed by atoms with Crippen molar-refractivity contribution >= 4 is 11.7 Å². The highest BCUT2D eigenvalue weighted by Crippen LogP contribution is 2.27. The number of aliphatic hydroxyl groups is 12. The predicted molar refractivity (Wildman–Crippen MR) is 233 cm³/mol. The summed E-state index contributed by atoms with van der Waals surface area (Å²) in [5.74, 6) is -1.47. The van der Waals surface area contributed by atoms with Gasteiger partial charge >= 0.3 is 0 Å². The Morgan fingerprint density at radius 3 is 1.78 bits per heavy atom. The van der Waals surface area contributed by atoms with Crippen molar-refractivity contribution in [2.45, 2.75) is 196 Å². The van der Waals surface area contributed by atoms with Crippen LogP contribution in [0.2, 0.25) is 0 Å². The highest BCUT2D eigenvalue weighted by atomic mass is 16.7. The average Bonchev–Trinajstić information content (AvgIpc) is 3.21. The Balaban J connectivity index is 1.61. The van der Waals surface area contributed by atoms with Crippen molar-refractivity contribution in [3.8, 4) is 5.75 Å². The Labute approximate surface area is 375 Å². The van der Waals surface area contributed by atoms with Crippen LogP contribution in [-0.2, 0) is 19.1 Å². The van der Waals surface area contributed by atoms with Gasteiger partial charge in [-0.15, -0.1) is 0 Å². The molecule has 0 saturated carbocycles. The van der Waals surface area contributed by atoms with Crippen LogP contribution in [0.5, 0.6) is 5.75 Å². The van der Waals surface area contributed by atoms with Crippen LogP contribution in [0.4, 0.5) is 0 Å². The monoisotopic (exact) mass is 917 g/mol. The van der Waals surface area contributed by atoms with Crippen molar-refractivity contribution in [2.75, 3.05) is 6.54 Å². The quantitative estimate of drug-likeness (QED) is 0.0313. The second-order valence-corrected chi connectivity index (χ2v) is 17.2. The molecule has 0 bridgehead atoms. The van der Waals surface area contributed by atoms with E-state index in [4.69, 9.17) is 15.2 Å². The third kappa shape index (κ3) is 21.6. The van der Waals surface area contributed by atoms with E-state index in [1.54, 1.807) is 26.0 Å². The number of rotatable bonds is 31. The number of benzene rings is 1. The van der Waals surface area contributed by atoms with E-state index in [0.29, 0.717) is 24.8 Å². The van der Waals surface area contributed by atoms with Crippen molar-refractivity contribution in [3.05, 3.63) is 54.1 Å². The summed E-state index contributed by atoms with van der Waals surface area (Å²) < 4.78 is 11.3. The minimum absolute atomic E-state index is 0.0348. The van der Waals surface area contributed by atoms with Gasteiger partial charge in [0.05, 0.1) is 67.1 Å². The molecule has 16 N–H and O–H groups in total. The van der Waals surface area contributed by atoms with E-state index < -0.39 is 110 Å². The second-order valence-electron chi connectivity index (χ2n) is 17.2. The Bertz CT molecular complexity index is 1520. The van der Waals surface area contributed by atoms with Gasteiger partial charge in [0.15, 0.2) is 6.29 Å². The third-order valence-electron chi connectivity index (χ3n) is 11.3. The number of aliphatic hydroxyl groups excluding tert-OH is 12. The minimum Gasteiger partial charge on any atom is -0.508 e. The van der Waals surface area contributed by atoms with Crippen LogP contribution in [0.3, 0.4) is 0 Å². The summed E-state index contributed by atoms with van der Waals surface area (Å²) in [6, 6.07) is 5.07. The molecule has 0 aliphatic carbocycles. The molecular weight excluding hydrogens is 840 g/mol. The van der Waals surface area contributed by atoms with E-state index >= 15 is 0 Å². The summed E-state index contributed by atoms with van der Waals surface area (Å²) in [6.07, 6.45) is -10.9. The number of phenolic OH excluding ortho intramolecular Hbond substituents is 1. The van der Waals surface area contributed by atoms with Gasteiger partial charge in [-0.3, -0.25) is 9.59 Å². The molecule has 1 heterocycles. The van der Waals surface area contributed by atoms with Gasteiger partial charge < -0.3 is 86.9 Å². The van der Waals surface area contributed by atoms with Crippen LogP contribution in [0.15, 0.2) is 48.6 Å². The largest absolute Gasteiger partial charge is 0.508 e. The molecule has 1 saturated heterocycles. The Kier molecular flexibility index (Phi) is 26.5. The number of carbonyl (C=O) groups is 2. The maximum atomic E-state index is 12.9. The van der Waals surface area contributed by atoms with Crippen LogP contribution < -0.4 is 11.1 Å². The maximum Gasteiger partial charge on any atom is 0.241 e. The van der Waals surface area contributed by atoms with E-state index in [9.17, 15) is 76.0 Å². The van der Waals surface area contributed by atoms with Crippen molar-refractivity contribution in [1.82, 2.24) is 5.32 Å². The average molecular weight is 917 g/mol. The Hall–Kier alpha value is -2.96. The molecule has 368 valence electrons. The normalized spacial score (nSPS) is 25.2. The zero-order valence-corrected chi connectivity index (χ0v) is 37.2. The number of Topliss-reactive ketones (excluding diaryl/α,β-unsaturated/α-hetero) is 1. The van der Waals surface area contributed by atoms with Gasteiger partial charge in [-0.05, 0) is 82.4 Å². The lowest BCUT2D eigenvalue weighted by atomic mass is 9.91. The Morgan fingerprint density at radius 1 is 0.734 bits per heavy atom. The highest BCUT2D eigenvalue weighted by molar-refractivity contribution is 5.83. The van der Waals surface area contributed by atoms with Crippen LogP contribution in [0.1, 0.15) is 109 Å². The molecule has 1 aromatic carbocycles. The molecule has 1 amide bonds. The maximum absolute atomic E-state index is 12.9. The highest BCUT2D eigenvalue weighted by Gasteiger charge is 2.44. The molecule has 0 spiro atoms. The zero-order chi connectivity index (χ0) is 48.1. The lowest BCUT2D eigenvalue weighted by Crippen LogP contribution is -2.58. The summed E-state index contributed by atoms with van der Waals surface area (Å²) in [5.41, 5.74) is 6.48. The van der Waals surface area contributed by atoms with Gasteiger partial charge in [0.2, 0.25) is 5.91 Å². The first-order valence-corrected chi connectivity index (χ1v) is 22.3. The molecule has 19 nitrogen and oxygen atoms in total. The Morgan fingerprint density at radius 2 is 1.23 bits per heavy atom. The fraction of sp³-hybridized carbons (Fsp3) is 0.733. The first-order valence-electron chi connectivity index (χ1n) is 22.3. The number of ketones is 1. The van der Waals surface area contributed by atoms with Gasteiger partial charge in [0.25, 0.3) is 0 Å². The topological polar surface area (TPSA) is 354 Å². The fourth-order valence-corrected chi connectivity index (χ4v) is 7.42. The van der Waals surface area contributed by atoms with Crippen molar-refractivity contribution in [1.29, 1.82) is 0 Å². The van der Waals surface area contributed by atoms with Crippen LogP contribution >= 0.6 is 0 Å². The fourth-order valence-electron chi connectivity index (χ4n) is 7.42. The van der Waals surface area contributed by atoms with Crippen molar-refractivity contribution in [3.63, 3.8) is 0 Å². The van der Waals surface area contributed by atoms with Gasteiger partial charge in [-0.25, -0.2) is 0 Å². The van der Waals surface area contributed by atoms with Gasteiger partial charge in [-0.1, -0.05) is 50.3 Å². The van der Waals surface area contributed by atoms with Gasteiger partial charge in [-0.2, -0.15) is 0 Å². The number of nitrogens with two attached hydrogens (primary N) is 1. The first-order chi connectivity index (χ1) is 30.1. The number of ether oxygens (including phenoxy) is 2. The third-order valence-corrected chi connectivity index (χ3v) is 11.3. The van der Waals surface area contributed by atoms with Gasteiger partial charge in [0.1, 0.15) is 35.9 Å². The molecular formula is C45H76N2O17. The molecule has 1 fully saturated rings. The lowest BCUT2D eigenvalue weighted by molar-refractivity contribution is -0.306. The van der Waals surface area contributed by atoms with Crippen molar-refractivity contribution in [2.24, 2.45) is 11.7 Å². The van der Waals surface area contributed by atoms with Crippen molar-refractivity contribution < 1.29 is 85.4 Å². The molecule has 17 atom stereocenters. The first kappa shape index (κ1) is 57.2. The van der Waals surface area contributed by atoms with E-state index in [0.717, 1.165) is 0 Å². The lowest BCUT2D eigenvalue weighted by Gasteiger charge is -2.40. The summed E-state index contributed by atoms with van der Waals surface area (Å²) in [7, 11) is 0. The van der Waals surface area contributed by atoms with Crippen LogP contribution in [0.25, 0.3) is 0 Å². The second kappa shape index (κ2) is 29.6. The number of hydrogen-bond acceptors (Lipinski definition) is 18. The number of nitrogens with one attached hydrogen (secondary N) is 1. The van der Waals surface area contributed by atoms with E-state index in [1.165, 1.54) is 43.4 Å². The molecule has 64 heavy (non-hydrogen) atoms. The predicted octanol–water partition coefficient (Wildman–Crippen LogP) is -1.01. The standard InChI is InChI=1S/C45H76N2O17/c1-4-39(64-45-43(61)42(60)41(59)26(3)63-45)25(2)38(58)24-37(57)23-36(56)21-32(52)11-6-10-31(51)20-35(55)22-34(54)19-30(50)9-5-8-29(49)18-33(53)12-7-17-47-44(62)40(46)27-13-15-28(48)16-14-27/h5-6,9,11,13-16,25-26,29-37,39-43,45,48-57,59-61H,4,7-8,10,12,17-24,46H2,1-3H3,(H,47,62). The summed E-state index contributed by atoms with van der Waals surface area (Å²) in [5, 5.41) is 136. The van der Waals surface area contributed by atoms with Gasteiger partial charge in [0, 0.05) is 31.7 Å². The van der Waals surface area contributed by atoms with E-state index in [-0.39, 0.29) is 75.9 Å². The minimum atomic E-state index is -1.54. The number of phenols is 1. The zero-order valence-electron chi connectivity index (χ0n) is 37.2. The number of amides is 1. The smallest absolute Gasteiger partial charge is 0.241 e. The molecule has 17 unspecified atom stereocenters. The molecule has 0 aromatic heterocycles. The number of aromatic hydroxyl groups is 1. The molecule has 1 aliphatic rings.